The zero-order valence-electron chi connectivity index (χ0n) is 12.3. The maximum atomic E-state index is 13.2. The highest BCUT2D eigenvalue weighted by molar-refractivity contribution is 5.92. The van der Waals surface area contributed by atoms with Gasteiger partial charge in [-0.25, -0.2) is 9.18 Å². The van der Waals surface area contributed by atoms with Gasteiger partial charge in [-0.05, 0) is 31.5 Å². The molecule has 0 saturated carbocycles. The van der Waals surface area contributed by atoms with Crippen LogP contribution in [-0.2, 0) is 4.79 Å². The van der Waals surface area contributed by atoms with Crippen molar-refractivity contribution in [1.29, 1.82) is 0 Å². The van der Waals surface area contributed by atoms with E-state index in [-0.39, 0.29) is 6.54 Å². The first-order valence-electron chi connectivity index (χ1n) is 7.03. The van der Waals surface area contributed by atoms with Crippen LogP contribution in [0.25, 0.3) is 0 Å². The van der Waals surface area contributed by atoms with Gasteiger partial charge in [0.15, 0.2) is 0 Å². The second-order valence-corrected chi connectivity index (χ2v) is 4.73. The molecule has 0 aliphatic carbocycles. The number of carbonyl (C=O) groups is 2. The average molecular weight is 296 g/mol. The van der Waals surface area contributed by atoms with Crippen molar-refractivity contribution in [2.45, 2.75) is 26.7 Å². The van der Waals surface area contributed by atoms with Crippen LogP contribution in [0.3, 0.4) is 0 Å². The summed E-state index contributed by atoms with van der Waals surface area (Å²) in [5.41, 5.74) is 0.442. The maximum Gasteiger partial charge on any atom is 0.321 e. The monoisotopic (exact) mass is 296 g/mol. The lowest BCUT2D eigenvalue weighted by atomic mass is 10.0. The number of carboxylic acid groups (broad SMARTS) is 1. The Balaban J connectivity index is 2.69. The molecule has 1 aromatic rings. The van der Waals surface area contributed by atoms with Gasteiger partial charge in [0.2, 0.25) is 0 Å². The van der Waals surface area contributed by atoms with E-state index in [1.807, 2.05) is 6.92 Å². The summed E-state index contributed by atoms with van der Waals surface area (Å²) in [4.78, 5) is 24.5. The van der Waals surface area contributed by atoms with Gasteiger partial charge in [0.25, 0.3) is 0 Å². The smallest absolute Gasteiger partial charge is 0.321 e. The number of hydrogen-bond donors (Lipinski definition) is 2. The lowest BCUT2D eigenvalue weighted by Crippen LogP contribution is -2.43. The molecule has 116 valence electrons. The number of benzene rings is 1. The molecule has 1 aromatic carbocycles. The van der Waals surface area contributed by atoms with Crippen molar-refractivity contribution in [1.82, 2.24) is 5.32 Å². The summed E-state index contributed by atoms with van der Waals surface area (Å²) in [6, 6.07) is 5.30. The van der Waals surface area contributed by atoms with Crippen molar-refractivity contribution in [3.63, 3.8) is 0 Å². The Morgan fingerprint density at radius 3 is 2.62 bits per heavy atom. The lowest BCUT2D eigenvalue weighted by molar-refractivity contribution is -0.141. The molecule has 2 N–H and O–H groups in total. The number of hydrogen-bond acceptors (Lipinski definition) is 2. The van der Waals surface area contributed by atoms with Crippen molar-refractivity contribution < 1.29 is 19.1 Å². The first-order valence-corrected chi connectivity index (χ1v) is 7.03. The molecule has 21 heavy (non-hydrogen) atoms. The van der Waals surface area contributed by atoms with Gasteiger partial charge >= 0.3 is 12.0 Å². The Kier molecular flexibility index (Phi) is 6.65. The lowest BCUT2D eigenvalue weighted by Gasteiger charge is -2.22. The molecule has 0 spiro atoms. The minimum absolute atomic E-state index is 0.0633. The zero-order valence-corrected chi connectivity index (χ0v) is 12.3. The van der Waals surface area contributed by atoms with E-state index in [1.54, 1.807) is 13.0 Å². The topological polar surface area (TPSA) is 69.6 Å². The number of halogens is 1. The molecular weight excluding hydrogens is 275 g/mol. The van der Waals surface area contributed by atoms with Crippen LogP contribution in [0, 0.1) is 11.7 Å². The SMILES string of the molecule is CCCC(CNC(=O)N(CC)c1cccc(F)c1)C(=O)O. The summed E-state index contributed by atoms with van der Waals surface area (Å²) < 4.78 is 13.2. The summed E-state index contributed by atoms with van der Waals surface area (Å²) in [6.45, 7) is 4.09. The maximum absolute atomic E-state index is 13.2. The van der Waals surface area contributed by atoms with Gasteiger partial charge in [-0.1, -0.05) is 19.4 Å². The van der Waals surface area contributed by atoms with Crippen molar-refractivity contribution in [3.05, 3.63) is 30.1 Å². The predicted molar refractivity (Wildman–Crippen MR) is 78.9 cm³/mol. The van der Waals surface area contributed by atoms with E-state index in [1.165, 1.54) is 23.1 Å². The number of rotatable bonds is 7. The Labute approximate surface area is 123 Å². The molecule has 0 bridgehead atoms. The standard InChI is InChI=1S/C15H21FN2O3/c1-3-6-11(14(19)20)10-17-15(21)18(4-2)13-8-5-7-12(16)9-13/h5,7-9,11H,3-4,6,10H2,1-2H3,(H,17,21)(H,19,20). The molecule has 1 rings (SSSR count). The molecule has 0 saturated heterocycles. The third kappa shape index (κ3) is 5.06. The first kappa shape index (κ1) is 16.9. The third-order valence-corrected chi connectivity index (χ3v) is 3.17. The summed E-state index contributed by atoms with van der Waals surface area (Å²) in [6.07, 6.45) is 1.23. The zero-order chi connectivity index (χ0) is 15.8. The molecule has 0 fully saturated rings. The van der Waals surface area contributed by atoms with Crippen molar-refractivity contribution >= 4 is 17.7 Å². The molecule has 0 radical (unpaired) electrons. The Hall–Kier alpha value is -2.11. The molecule has 1 atom stereocenters. The minimum Gasteiger partial charge on any atom is -0.481 e. The van der Waals surface area contributed by atoms with E-state index < -0.39 is 23.7 Å². The van der Waals surface area contributed by atoms with Crippen molar-refractivity contribution in [2.75, 3.05) is 18.0 Å². The quantitative estimate of drug-likeness (QED) is 0.813. The fourth-order valence-electron chi connectivity index (χ4n) is 2.05. The molecule has 6 heteroatoms. The van der Waals surface area contributed by atoms with E-state index >= 15 is 0 Å². The fraction of sp³-hybridized carbons (Fsp3) is 0.467. The van der Waals surface area contributed by atoms with Gasteiger partial charge in [-0.2, -0.15) is 0 Å². The molecule has 0 aromatic heterocycles. The van der Waals surface area contributed by atoms with Crippen LogP contribution in [0.1, 0.15) is 26.7 Å². The summed E-state index contributed by atoms with van der Waals surface area (Å²) in [5, 5.41) is 11.7. The second-order valence-electron chi connectivity index (χ2n) is 4.73. The molecule has 0 aliphatic rings. The highest BCUT2D eigenvalue weighted by atomic mass is 19.1. The van der Waals surface area contributed by atoms with Crippen LogP contribution < -0.4 is 10.2 Å². The van der Waals surface area contributed by atoms with Gasteiger partial charge in [0.1, 0.15) is 5.82 Å². The summed E-state index contributed by atoms with van der Waals surface area (Å²) >= 11 is 0. The van der Waals surface area contributed by atoms with Crippen LogP contribution >= 0.6 is 0 Å². The van der Waals surface area contributed by atoms with Gasteiger partial charge in [-0.3, -0.25) is 9.69 Å². The molecule has 2 amide bonds. The van der Waals surface area contributed by atoms with Gasteiger partial charge < -0.3 is 10.4 Å². The van der Waals surface area contributed by atoms with Crippen LogP contribution in [0.15, 0.2) is 24.3 Å². The van der Waals surface area contributed by atoms with Crippen molar-refractivity contribution in [3.8, 4) is 0 Å². The predicted octanol–water partition coefficient (Wildman–Crippen LogP) is 2.86. The summed E-state index contributed by atoms with van der Waals surface area (Å²) in [5.74, 6) is -1.95. The number of nitrogens with zero attached hydrogens (tertiary/aromatic N) is 1. The van der Waals surface area contributed by atoms with Gasteiger partial charge in [-0.15, -0.1) is 0 Å². The van der Waals surface area contributed by atoms with Gasteiger partial charge in [0.05, 0.1) is 5.92 Å². The number of amides is 2. The molecule has 5 nitrogen and oxygen atoms in total. The fourth-order valence-corrected chi connectivity index (χ4v) is 2.05. The van der Waals surface area contributed by atoms with E-state index in [0.29, 0.717) is 18.7 Å². The first-order chi connectivity index (χ1) is 9.99. The normalized spacial score (nSPS) is 11.8. The Morgan fingerprint density at radius 1 is 1.38 bits per heavy atom. The van der Waals surface area contributed by atoms with E-state index in [2.05, 4.69) is 5.32 Å². The number of anilines is 1. The van der Waals surface area contributed by atoms with Crippen LogP contribution in [0.2, 0.25) is 0 Å². The minimum atomic E-state index is -0.925. The van der Waals surface area contributed by atoms with Gasteiger partial charge in [0, 0.05) is 18.8 Å². The molecule has 1 unspecified atom stereocenters. The molecule has 0 aliphatic heterocycles. The highest BCUT2D eigenvalue weighted by Crippen LogP contribution is 2.15. The number of carbonyl (C=O) groups excluding carboxylic acids is 1. The number of urea groups is 1. The number of nitrogens with one attached hydrogen (secondary N) is 1. The molecular formula is C15H21FN2O3. The van der Waals surface area contributed by atoms with E-state index in [0.717, 1.165) is 6.42 Å². The van der Waals surface area contributed by atoms with E-state index in [4.69, 9.17) is 5.11 Å². The Morgan fingerprint density at radius 2 is 2.10 bits per heavy atom. The van der Waals surface area contributed by atoms with E-state index in [9.17, 15) is 14.0 Å². The van der Waals surface area contributed by atoms with Crippen molar-refractivity contribution in [2.24, 2.45) is 5.92 Å². The Bertz CT molecular complexity index is 494. The third-order valence-electron chi connectivity index (χ3n) is 3.17. The molecule has 0 heterocycles. The van der Waals surface area contributed by atoms with Crippen LogP contribution in [0.4, 0.5) is 14.9 Å². The van der Waals surface area contributed by atoms with Crippen LogP contribution in [0.5, 0.6) is 0 Å². The average Bonchev–Trinajstić information content (AvgIpc) is 2.44. The number of aliphatic carboxylic acids is 1. The second kappa shape index (κ2) is 8.24. The van der Waals surface area contributed by atoms with Crippen LogP contribution in [-0.4, -0.2) is 30.2 Å². The largest absolute Gasteiger partial charge is 0.481 e. The highest BCUT2D eigenvalue weighted by Gasteiger charge is 2.20. The summed E-state index contributed by atoms with van der Waals surface area (Å²) in [7, 11) is 0. The number of carboxylic acids is 1.